The lowest BCUT2D eigenvalue weighted by Crippen LogP contribution is -2.38. The second kappa shape index (κ2) is 6.84. The number of carbonyl (C=O) groups is 2. The summed E-state index contributed by atoms with van der Waals surface area (Å²) >= 11 is 1.33. The summed E-state index contributed by atoms with van der Waals surface area (Å²) < 4.78 is 14.2. The fourth-order valence-electron chi connectivity index (χ4n) is 3.10. The van der Waals surface area contributed by atoms with Crippen LogP contribution < -0.4 is 5.32 Å². The van der Waals surface area contributed by atoms with Gasteiger partial charge in [0.2, 0.25) is 0 Å². The maximum atomic E-state index is 13.3. The molecule has 132 valence electrons. The van der Waals surface area contributed by atoms with Gasteiger partial charge in [0, 0.05) is 30.0 Å². The Morgan fingerprint density at radius 1 is 1.23 bits per heavy atom. The van der Waals surface area contributed by atoms with E-state index in [2.05, 4.69) is 10.3 Å². The molecule has 0 bridgehead atoms. The van der Waals surface area contributed by atoms with Gasteiger partial charge in [0.1, 0.15) is 11.5 Å². The minimum atomic E-state index is -0.318. The van der Waals surface area contributed by atoms with Gasteiger partial charge in [0.25, 0.3) is 11.8 Å². The summed E-state index contributed by atoms with van der Waals surface area (Å²) in [6.45, 7) is 1.04. The normalized spacial score (nSPS) is 16.8. The van der Waals surface area contributed by atoms with Gasteiger partial charge in [-0.25, -0.2) is 4.39 Å². The molecule has 3 heterocycles. The number of fused-ring (bicyclic) bond motifs is 1. The van der Waals surface area contributed by atoms with Gasteiger partial charge in [-0.1, -0.05) is 6.07 Å². The summed E-state index contributed by atoms with van der Waals surface area (Å²) in [7, 11) is 0. The molecule has 1 saturated heterocycles. The Morgan fingerprint density at radius 2 is 2.12 bits per heavy atom. The van der Waals surface area contributed by atoms with Crippen molar-refractivity contribution in [3.63, 3.8) is 0 Å². The maximum Gasteiger partial charge on any atom is 0.272 e. The number of nitrogens with zero attached hydrogens (tertiary/aromatic N) is 2. The molecular weight excluding hydrogens is 353 g/mol. The minimum absolute atomic E-state index is 0.0999. The van der Waals surface area contributed by atoms with Crippen LogP contribution in [0.15, 0.2) is 48.7 Å². The third-order valence-corrected chi connectivity index (χ3v) is 5.51. The van der Waals surface area contributed by atoms with Crippen LogP contribution in [0.3, 0.4) is 0 Å². The fourth-order valence-corrected chi connectivity index (χ4v) is 4.04. The summed E-state index contributed by atoms with van der Waals surface area (Å²) in [6, 6.07) is 11.3. The minimum Gasteiger partial charge on any atom is -0.347 e. The van der Waals surface area contributed by atoms with Crippen molar-refractivity contribution in [3.8, 4) is 0 Å². The van der Waals surface area contributed by atoms with E-state index in [1.807, 2.05) is 0 Å². The lowest BCUT2D eigenvalue weighted by atomic mass is 10.2. The van der Waals surface area contributed by atoms with Crippen LogP contribution in [0.2, 0.25) is 0 Å². The lowest BCUT2D eigenvalue weighted by molar-refractivity contribution is 0.0778. The van der Waals surface area contributed by atoms with Gasteiger partial charge in [0.15, 0.2) is 0 Å². The quantitative estimate of drug-likeness (QED) is 0.772. The topological polar surface area (TPSA) is 62.3 Å². The first-order valence-electron chi connectivity index (χ1n) is 8.30. The Hall–Kier alpha value is -2.80. The summed E-state index contributed by atoms with van der Waals surface area (Å²) in [5.41, 5.74) is 0.408. The van der Waals surface area contributed by atoms with Crippen molar-refractivity contribution in [2.45, 2.75) is 12.5 Å². The molecule has 1 unspecified atom stereocenters. The highest BCUT2D eigenvalue weighted by atomic mass is 32.1. The number of hydrogen-bond donors (Lipinski definition) is 1. The van der Waals surface area contributed by atoms with E-state index in [-0.39, 0.29) is 23.7 Å². The van der Waals surface area contributed by atoms with Gasteiger partial charge >= 0.3 is 0 Å². The fraction of sp³-hybridized carbons (Fsp3) is 0.211. The number of carbonyl (C=O) groups excluding carboxylic acids is 2. The standard InChI is InChI=1S/C19H16FN3O2S/c20-13-4-5-16-12(9-13)10-17(26-16)18(24)22-14-6-8-23(11-14)19(25)15-3-1-2-7-21-15/h1-5,7,9-10,14H,6,8,11H2,(H,22,24). The van der Waals surface area contributed by atoms with Gasteiger partial charge in [-0.2, -0.15) is 0 Å². The van der Waals surface area contributed by atoms with Crippen LogP contribution in [-0.2, 0) is 0 Å². The number of hydrogen-bond acceptors (Lipinski definition) is 4. The highest BCUT2D eigenvalue weighted by Crippen LogP contribution is 2.26. The number of amides is 2. The molecule has 26 heavy (non-hydrogen) atoms. The molecule has 1 aliphatic rings. The second-order valence-electron chi connectivity index (χ2n) is 6.22. The molecule has 4 rings (SSSR count). The molecule has 1 aromatic carbocycles. The zero-order chi connectivity index (χ0) is 18.1. The van der Waals surface area contributed by atoms with Gasteiger partial charge in [-0.3, -0.25) is 14.6 Å². The molecule has 0 saturated carbocycles. The van der Waals surface area contributed by atoms with Crippen LogP contribution in [0.1, 0.15) is 26.6 Å². The zero-order valence-electron chi connectivity index (χ0n) is 13.8. The Morgan fingerprint density at radius 3 is 2.92 bits per heavy atom. The monoisotopic (exact) mass is 369 g/mol. The number of benzene rings is 1. The van der Waals surface area contributed by atoms with E-state index in [1.54, 1.807) is 41.4 Å². The molecule has 2 amide bonds. The van der Waals surface area contributed by atoms with Crippen LogP contribution in [0, 0.1) is 5.82 Å². The van der Waals surface area contributed by atoms with Crippen molar-refractivity contribution in [1.82, 2.24) is 15.2 Å². The van der Waals surface area contributed by atoms with E-state index in [1.165, 1.54) is 23.5 Å². The number of halogens is 1. The van der Waals surface area contributed by atoms with E-state index < -0.39 is 0 Å². The van der Waals surface area contributed by atoms with Crippen LogP contribution in [0.5, 0.6) is 0 Å². The summed E-state index contributed by atoms with van der Waals surface area (Å²) in [4.78, 5) is 31.2. The zero-order valence-corrected chi connectivity index (χ0v) is 14.6. The highest BCUT2D eigenvalue weighted by Gasteiger charge is 2.29. The molecule has 1 atom stereocenters. The van der Waals surface area contributed by atoms with Crippen LogP contribution >= 0.6 is 11.3 Å². The molecule has 1 fully saturated rings. The van der Waals surface area contributed by atoms with Crippen LogP contribution in [0.25, 0.3) is 10.1 Å². The predicted molar refractivity (Wildman–Crippen MR) is 97.8 cm³/mol. The smallest absolute Gasteiger partial charge is 0.272 e. The van der Waals surface area contributed by atoms with Gasteiger partial charge in [-0.05, 0) is 48.2 Å². The Kier molecular flexibility index (Phi) is 4.38. The van der Waals surface area contributed by atoms with Crippen molar-refractivity contribution >= 4 is 33.2 Å². The van der Waals surface area contributed by atoms with E-state index in [0.29, 0.717) is 30.1 Å². The number of likely N-dealkylation sites (tertiary alicyclic amines) is 1. The van der Waals surface area contributed by atoms with Gasteiger partial charge < -0.3 is 10.2 Å². The van der Waals surface area contributed by atoms with E-state index in [9.17, 15) is 14.0 Å². The van der Waals surface area contributed by atoms with Gasteiger partial charge in [-0.15, -0.1) is 11.3 Å². The first-order valence-corrected chi connectivity index (χ1v) is 9.12. The molecule has 0 spiro atoms. The number of rotatable bonds is 3. The number of pyridine rings is 1. The van der Waals surface area contributed by atoms with Crippen LogP contribution in [-0.4, -0.2) is 40.8 Å². The summed E-state index contributed by atoms with van der Waals surface area (Å²) in [5, 5.41) is 3.69. The molecule has 3 aromatic rings. The molecule has 7 heteroatoms. The van der Waals surface area contributed by atoms with Crippen LogP contribution in [0.4, 0.5) is 4.39 Å². The molecule has 5 nitrogen and oxygen atoms in total. The number of thiophene rings is 1. The van der Waals surface area contributed by atoms with Crippen molar-refractivity contribution in [3.05, 3.63) is 65.0 Å². The van der Waals surface area contributed by atoms with E-state index >= 15 is 0 Å². The average molecular weight is 369 g/mol. The second-order valence-corrected chi connectivity index (χ2v) is 7.30. The Labute approximate surface area is 153 Å². The van der Waals surface area contributed by atoms with Crippen molar-refractivity contribution < 1.29 is 14.0 Å². The summed E-state index contributed by atoms with van der Waals surface area (Å²) in [5.74, 6) is -0.634. The van der Waals surface area contributed by atoms with Crippen molar-refractivity contribution in [2.75, 3.05) is 13.1 Å². The number of nitrogens with one attached hydrogen (secondary N) is 1. The summed E-state index contributed by atoms with van der Waals surface area (Å²) in [6.07, 6.45) is 2.29. The molecule has 0 radical (unpaired) electrons. The average Bonchev–Trinajstić information content (AvgIpc) is 3.28. The first kappa shape index (κ1) is 16.7. The maximum absolute atomic E-state index is 13.3. The number of aromatic nitrogens is 1. The third kappa shape index (κ3) is 3.30. The van der Waals surface area contributed by atoms with Gasteiger partial charge in [0.05, 0.1) is 4.88 Å². The molecular formula is C19H16FN3O2S. The molecule has 1 N–H and O–H groups in total. The molecule has 2 aromatic heterocycles. The third-order valence-electron chi connectivity index (χ3n) is 4.40. The SMILES string of the molecule is O=C(NC1CCN(C(=O)c2ccccn2)C1)c1cc2cc(F)ccc2s1. The van der Waals surface area contributed by atoms with Crippen molar-refractivity contribution in [1.29, 1.82) is 0 Å². The largest absolute Gasteiger partial charge is 0.347 e. The Bertz CT molecular complexity index is 973. The Balaban J connectivity index is 1.41. The van der Waals surface area contributed by atoms with E-state index in [4.69, 9.17) is 0 Å². The van der Waals surface area contributed by atoms with Crippen molar-refractivity contribution in [2.24, 2.45) is 0 Å². The molecule has 0 aliphatic carbocycles. The lowest BCUT2D eigenvalue weighted by Gasteiger charge is -2.16. The predicted octanol–water partition coefficient (Wildman–Crippen LogP) is 3.08. The first-order chi connectivity index (χ1) is 12.6. The molecule has 1 aliphatic heterocycles. The van der Waals surface area contributed by atoms with E-state index in [0.717, 1.165) is 10.1 Å². The highest BCUT2D eigenvalue weighted by molar-refractivity contribution is 7.20.